The Morgan fingerprint density at radius 2 is 2.29 bits per heavy atom. The second-order valence-corrected chi connectivity index (χ2v) is 3.95. The molecular weight excluding hydrogens is 265 g/mol. The van der Waals surface area contributed by atoms with Crippen molar-refractivity contribution < 1.29 is 0 Å². The highest BCUT2D eigenvalue weighted by Crippen LogP contribution is 2.26. The van der Waals surface area contributed by atoms with E-state index in [2.05, 4.69) is 31.2 Å². The number of imidazole rings is 1. The summed E-state index contributed by atoms with van der Waals surface area (Å²) in [6.45, 7) is 0. The lowest BCUT2D eigenvalue weighted by molar-refractivity contribution is 1.29. The maximum Gasteiger partial charge on any atom is 0.204 e. The average molecular weight is 273 g/mol. The standard InChI is InChI=1S/C9H7BrClN3/c10-7-5-6(1-2-8(7)11)14-9-12-3-4-13-9/h1-5H,(H2,12,13,14). The molecule has 1 heterocycles. The molecule has 5 heteroatoms. The molecule has 0 bridgehead atoms. The predicted octanol–water partition coefficient (Wildman–Crippen LogP) is 3.57. The number of hydrogen-bond donors (Lipinski definition) is 2. The lowest BCUT2D eigenvalue weighted by Crippen LogP contribution is -1.91. The molecule has 0 saturated carbocycles. The van der Waals surface area contributed by atoms with Crippen molar-refractivity contribution in [3.8, 4) is 0 Å². The number of hydrogen-bond acceptors (Lipinski definition) is 2. The Morgan fingerprint density at radius 3 is 2.93 bits per heavy atom. The molecule has 0 atom stereocenters. The van der Waals surface area contributed by atoms with Gasteiger partial charge in [0.15, 0.2) is 0 Å². The zero-order chi connectivity index (χ0) is 9.97. The minimum absolute atomic E-state index is 0.690. The Balaban J connectivity index is 2.22. The second kappa shape index (κ2) is 4.02. The van der Waals surface area contributed by atoms with Crippen LogP contribution in [0.3, 0.4) is 0 Å². The number of halogens is 2. The Morgan fingerprint density at radius 1 is 1.43 bits per heavy atom. The molecule has 2 rings (SSSR count). The van der Waals surface area contributed by atoms with Crippen molar-refractivity contribution in [2.24, 2.45) is 0 Å². The lowest BCUT2D eigenvalue weighted by Gasteiger charge is -2.03. The van der Waals surface area contributed by atoms with Crippen LogP contribution in [0.1, 0.15) is 0 Å². The van der Waals surface area contributed by atoms with Crippen LogP contribution in [0.25, 0.3) is 0 Å². The SMILES string of the molecule is Clc1ccc(Nc2ncc[nH]2)cc1Br. The summed E-state index contributed by atoms with van der Waals surface area (Å²) in [6, 6.07) is 5.59. The molecule has 72 valence electrons. The third kappa shape index (κ3) is 2.08. The van der Waals surface area contributed by atoms with Gasteiger partial charge in [0.2, 0.25) is 5.95 Å². The van der Waals surface area contributed by atoms with Crippen molar-refractivity contribution in [1.82, 2.24) is 9.97 Å². The molecule has 1 aromatic carbocycles. The molecule has 3 nitrogen and oxygen atoms in total. The van der Waals surface area contributed by atoms with Gasteiger partial charge in [-0.25, -0.2) is 4.98 Å². The van der Waals surface area contributed by atoms with Crippen LogP contribution in [0.4, 0.5) is 11.6 Å². The van der Waals surface area contributed by atoms with E-state index in [9.17, 15) is 0 Å². The van der Waals surface area contributed by atoms with Crippen LogP contribution in [0.2, 0.25) is 5.02 Å². The van der Waals surface area contributed by atoms with Crippen LogP contribution < -0.4 is 5.32 Å². The van der Waals surface area contributed by atoms with Crippen LogP contribution >= 0.6 is 27.5 Å². The average Bonchev–Trinajstić information content (AvgIpc) is 2.64. The third-order valence-corrected chi connectivity index (χ3v) is 2.89. The molecule has 0 aliphatic heterocycles. The molecule has 0 unspecified atom stereocenters. The molecule has 14 heavy (non-hydrogen) atoms. The van der Waals surface area contributed by atoms with Crippen molar-refractivity contribution in [3.05, 3.63) is 40.1 Å². The van der Waals surface area contributed by atoms with Crippen LogP contribution in [-0.2, 0) is 0 Å². The fourth-order valence-electron chi connectivity index (χ4n) is 1.04. The zero-order valence-corrected chi connectivity index (χ0v) is 9.43. The summed E-state index contributed by atoms with van der Waals surface area (Å²) >= 11 is 9.21. The topological polar surface area (TPSA) is 40.7 Å². The highest BCUT2D eigenvalue weighted by Gasteiger charge is 1.99. The lowest BCUT2D eigenvalue weighted by atomic mass is 10.3. The highest BCUT2D eigenvalue weighted by atomic mass is 79.9. The number of nitrogens with one attached hydrogen (secondary N) is 2. The molecule has 0 amide bonds. The number of anilines is 2. The third-order valence-electron chi connectivity index (χ3n) is 1.68. The first-order chi connectivity index (χ1) is 6.75. The first kappa shape index (κ1) is 9.55. The maximum atomic E-state index is 5.86. The van der Waals surface area contributed by atoms with Crippen LogP contribution in [0.5, 0.6) is 0 Å². The molecular formula is C9H7BrClN3. The molecule has 0 radical (unpaired) electrons. The van der Waals surface area contributed by atoms with E-state index in [1.54, 1.807) is 12.4 Å². The van der Waals surface area contributed by atoms with E-state index < -0.39 is 0 Å². The summed E-state index contributed by atoms with van der Waals surface area (Å²) in [5.41, 5.74) is 0.927. The van der Waals surface area contributed by atoms with Crippen molar-refractivity contribution in [2.75, 3.05) is 5.32 Å². The van der Waals surface area contributed by atoms with E-state index >= 15 is 0 Å². The van der Waals surface area contributed by atoms with E-state index in [1.165, 1.54) is 0 Å². The monoisotopic (exact) mass is 271 g/mol. The number of aromatic amines is 1. The number of aromatic nitrogens is 2. The van der Waals surface area contributed by atoms with Crippen LogP contribution in [0.15, 0.2) is 35.1 Å². The van der Waals surface area contributed by atoms with E-state index in [1.807, 2.05) is 18.2 Å². The summed E-state index contributed by atoms with van der Waals surface area (Å²) in [4.78, 5) is 7.00. The Hall–Kier alpha value is -1.00. The maximum absolute atomic E-state index is 5.86. The summed E-state index contributed by atoms with van der Waals surface area (Å²) in [6.07, 6.45) is 3.45. The molecule has 2 N–H and O–H groups in total. The van der Waals surface area contributed by atoms with Crippen molar-refractivity contribution >= 4 is 39.2 Å². The van der Waals surface area contributed by atoms with Crippen molar-refractivity contribution in [1.29, 1.82) is 0 Å². The number of rotatable bonds is 2. The molecule has 0 saturated heterocycles. The number of nitrogens with zero attached hydrogens (tertiary/aromatic N) is 1. The molecule has 2 aromatic rings. The van der Waals surface area contributed by atoms with E-state index in [0.717, 1.165) is 10.2 Å². The summed E-state index contributed by atoms with van der Waals surface area (Å²) < 4.78 is 0.857. The minimum Gasteiger partial charge on any atom is -0.331 e. The number of H-pyrrole nitrogens is 1. The first-order valence-electron chi connectivity index (χ1n) is 3.97. The van der Waals surface area contributed by atoms with Gasteiger partial charge in [-0.3, -0.25) is 0 Å². The normalized spacial score (nSPS) is 10.1. The quantitative estimate of drug-likeness (QED) is 0.877. The van der Waals surface area contributed by atoms with Gasteiger partial charge < -0.3 is 10.3 Å². The Kier molecular flexibility index (Phi) is 2.74. The second-order valence-electron chi connectivity index (χ2n) is 2.69. The first-order valence-corrected chi connectivity index (χ1v) is 5.14. The van der Waals surface area contributed by atoms with Gasteiger partial charge >= 0.3 is 0 Å². The van der Waals surface area contributed by atoms with Crippen molar-refractivity contribution in [2.45, 2.75) is 0 Å². The summed E-state index contributed by atoms with van der Waals surface area (Å²) in [5.74, 6) is 0.708. The zero-order valence-electron chi connectivity index (χ0n) is 7.09. The van der Waals surface area contributed by atoms with Crippen LogP contribution in [0, 0.1) is 0 Å². The van der Waals surface area contributed by atoms with Gasteiger partial charge in [-0.05, 0) is 34.1 Å². The highest BCUT2D eigenvalue weighted by molar-refractivity contribution is 9.10. The fraction of sp³-hybridized carbons (Fsp3) is 0. The van der Waals surface area contributed by atoms with Crippen molar-refractivity contribution in [3.63, 3.8) is 0 Å². The molecule has 1 aromatic heterocycles. The summed E-state index contributed by atoms with van der Waals surface area (Å²) in [7, 11) is 0. The summed E-state index contributed by atoms with van der Waals surface area (Å²) in [5, 5.41) is 3.79. The fourth-order valence-corrected chi connectivity index (χ4v) is 1.54. The smallest absolute Gasteiger partial charge is 0.204 e. The Labute approximate surface area is 94.6 Å². The van der Waals surface area contributed by atoms with E-state index in [-0.39, 0.29) is 0 Å². The van der Waals surface area contributed by atoms with Gasteiger partial charge in [-0.15, -0.1) is 0 Å². The van der Waals surface area contributed by atoms with Crippen LogP contribution in [-0.4, -0.2) is 9.97 Å². The van der Waals surface area contributed by atoms with Gasteiger partial charge in [0.1, 0.15) is 0 Å². The molecule has 0 spiro atoms. The Bertz CT molecular complexity index is 428. The molecule has 0 fully saturated rings. The minimum atomic E-state index is 0.690. The van der Waals surface area contributed by atoms with Gasteiger partial charge in [0.05, 0.1) is 5.02 Å². The molecule has 0 aliphatic rings. The van der Waals surface area contributed by atoms with E-state index in [0.29, 0.717) is 11.0 Å². The number of benzene rings is 1. The van der Waals surface area contributed by atoms with E-state index in [4.69, 9.17) is 11.6 Å². The predicted molar refractivity (Wildman–Crippen MR) is 61.0 cm³/mol. The largest absolute Gasteiger partial charge is 0.331 e. The van der Waals surface area contributed by atoms with Gasteiger partial charge in [-0.2, -0.15) is 0 Å². The van der Waals surface area contributed by atoms with Gasteiger partial charge in [-0.1, -0.05) is 11.6 Å². The van der Waals surface area contributed by atoms with Gasteiger partial charge in [0, 0.05) is 22.6 Å². The van der Waals surface area contributed by atoms with Gasteiger partial charge in [0.25, 0.3) is 0 Å². The molecule has 0 aliphatic carbocycles.